The van der Waals surface area contributed by atoms with Gasteiger partial charge in [-0.1, -0.05) is 24.3 Å². The van der Waals surface area contributed by atoms with E-state index in [4.69, 9.17) is 4.42 Å². The first-order valence-corrected chi connectivity index (χ1v) is 8.69. The molecule has 128 valence electrons. The van der Waals surface area contributed by atoms with Crippen LogP contribution >= 0.6 is 0 Å². The van der Waals surface area contributed by atoms with Gasteiger partial charge in [0.1, 0.15) is 5.52 Å². The number of aromatic nitrogens is 1. The smallest absolute Gasteiger partial charge is 0.227 e. The van der Waals surface area contributed by atoms with Gasteiger partial charge < -0.3 is 14.6 Å². The highest BCUT2D eigenvalue weighted by molar-refractivity contribution is 5.95. The van der Waals surface area contributed by atoms with Gasteiger partial charge in [-0.05, 0) is 43.2 Å². The third-order valence-electron chi connectivity index (χ3n) is 4.65. The largest absolute Gasteiger partial charge is 0.439 e. The first kappa shape index (κ1) is 15.8. The summed E-state index contributed by atoms with van der Waals surface area (Å²) in [5.41, 5.74) is 3.81. The summed E-state index contributed by atoms with van der Waals surface area (Å²) in [6, 6.07) is 16.1. The van der Waals surface area contributed by atoms with Crippen molar-refractivity contribution in [3.8, 4) is 0 Å². The highest BCUT2D eigenvalue weighted by Gasteiger charge is 2.22. The molecule has 0 unspecified atom stereocenters. The zero-order valence-electron chi connectivity index (χ0n) is 14.2. The van der Waals surface area contributed by atoms with Crippen LogP contribution in [0.3, 0.4) is 0 Å². The van der Waals surface area contributed by atoms with Gasteiger partial charge in [-0.15, -0.1) is 0 Å². The van der Waals surface area contributed by atoms with E-state index in [1.165, 1.54) is 0 Å². The molecule has 1 fully saturated rings. The number of para-hydroxylation sites is 2. The van der Waals surface area contributed by atoms with Crippen LogP contribution in [0.5, 0.6) is 0 Å². The average molecular weight is 335 g/mol. The van der Waals surface area contributed by atoms with Gasteiger partial charge in [-0.3, -0.25) is 4.79 Å². The molecule has 25 heavy (non-hydrogen) atoms. The molecule has 0 radical (unpaired) electrons. The molecule has 1 saturated heterocycles. The zero-order chi connectivity index (χ0) is 17.2. The van der Waals surface area contributed by atoms with Crippen LogP contribution in [0, 0.1) is 0 Å². The molecule has 5 heteroatoms. The quantitative estimate of drug-likeness (QED) is 0.770. The maximum absolute atomic E-state index is 11.9. The summed E-state index contributed by atoms with van der Waals surface area (Å²) in [7, 11) is 0. The minimum atomic E-state index is 0.132. The van der Waals surface area contributed by atoms with Crippen molar-refractivity contribution < 1.29 is 9.21 Å². The van der Waals surface area contributed by atoms with E-state index in [9.17, 15) is 4.79 Å². The molecule has 1 aliphatic rings. The lowest BCUT2D eigenvalue weighted by Crippen LogP contribution is -2.24. The molecule has 2 aromatic carbocycles. The number of hydrogen-bond acceptors (Lipinski definition) is 4. The summed E-state index contributed by atoms with van der Waals surface area (Å²) in [6.07, 6.45) is 1.59. The summed E-state index contributed by atoms with van der Waals surface area (Å²) < 4.78 is 5.75. The molecule has 0 bridgehead atoms. The van der Waals surface area contributed by atoms with Crippen molar-refractivity contribution in [2.24, 2.45) is 0 Å². The number of nitrogens with zero attached hydrogens (tertiary/aromatic N) is 2. The van der Waals surface area contributed by atoms with Crippen LogP contribution in [0.15, 0.2) is 52.9 Å². The fourth-order valence-corrected chi connectivity index (χ4v) is 3.24. The van der Waals surface area contributed by atoms with Crippen molar-refractivity contribution in [1.82, 2.24) is 10.3 Å². The Balaban J connectivity index is 1.45. The van der Waals surface area contributed by atoms with Gasteiger partial charge >= 0.3 is 0 Å². The SMILES string of the molecule is C[C@@H](NCc1nc2ccccc2o1)c1cccc(N2CCCC2=O)c1. The first-order valence-electron chi connectivity index (χ1n) is 8.69. The van der Waals surface area contributed by atoms with Gasteiger partial charge in [-0.2, -0.15) is 0 Å². The maximum Gasteiger partial charge on any atom is 0.227 e. The van der Waals surface area contributed by atoms with Crippen LogP contribution in [0.25, 0.3) is 11.1 Å². The Labute approximate surface area is 146 Å². The topological polar surface area (TPSA) is 58.4 Å². The van der Waals surface area contributed by atoms with Crippen LogP contribution in [0.2, 0.25) is 0 Å². The van der Waals surface area contributed by atoms with Crippen LogP contribution in [-0.2, 0) is 11.3 Å². The predicted octanol–water partition coefficient (Wildman–Crippen LogP) is 3.81. The Morgan fingerprint density at radius 2 is 2.12 bits per heavy atom. The van der Waals surface area contributed by atoms with Gasteiger partial charge in [0.25, 0.3) is 0 Å². The number of anilines is 1. The molecule has 1 atom stereocenters. The van der Waals surface area contributed by atoms with E-state index in [0.717, 1.165) is 35.3 Å². The summed E-state index contributed by atoms with van der Waals surface area (Å²) in [4.78, 5) is 18.3. The second-order valence-electron chi connectivity index (χ2n) is 6.42. The lowest BCUT2D eigenvalue weighted by Gasteiger charge is -2.19. The highest BCUT2D eigenvalue weighted by Crippen LogP contribution is 2.25. The molecule has 0 spiro atoms. The molecule has 5 nitrogen and oxygen atoms in total. The Morgan fingerprint density at radius 1 is 1.24 bits per heavy atom. The molecule has 1 aromatic heterocycles. The van der Waals surface area contributed by atoms with Gasteiger partial charge in [0.15, 0.2) is 5.58 Å². The fourth-order valence-electron chi connectivity index (χ4n) is 3.24. The van der Waals surface area contributed by atoms with E-state index in [-0.39, 0.29) is 11.9 Å². The minimum Gasteiger partial charge on any atom is -0.439 e. The van der Waals surface area contributed by atoms with E-state index in [2.05, 4.69) is 29.4 Å². The van der Waals surface area contributed by atoms with Gasteiger partial charge in [-0.25, -0.2) is 4.98 Å². The van der Waals surface area contributed by atoms with E-state index in [1.807, 2.05) is 41.3 Å². The summed E-state index contributed by atoms with van der Waals surface area (Å²) >= 11 is 0. The molecule has 2 heterocycles. The maximum atomic E-state index is 11.9. The normalized spacial score (nSPS) is 15.9. The number of benzene rings is 2. The molecule has 0 aliphatic carbocycles. The number of hydrogen-bond donors (Lipinski definition) is 1. The average Bonchev–Trinajstić information content (AvgIpc) is 3.25. The Bertz CT molecular complexity index is 870. The molecule has 4 rings (SSSR count). The zero-order valence-corrected chi connectivity index (χ0v) is 14.2. The van der Waals surface area contributed by atoms with E-state index >= 15 is 0 Å². The monoisotopic (exact) mass is 335 g/mol. The van der Waals surface area contributed by atoms with E-state index < -0.39 is 0 Å². The standard InChI is InChI=1S/C20H21N3O2/c1-14(21-13-19-22-17-8-2-3-9-18(17)25-19)15-6-4-7-16(12-15)23-11-5-10-20(23)24/h2-4,6-9,12,14,21H,5,10-11,13H2,1H3/t14-/m1/s1. The molecule has 1 amide bonds. The number of nitrogens with one attached hydrogen (secondary N) is 1. The molecular formula is C20H21N3O2. The molecule has 1 aliphatic heterocycles. The van der Waals surface area contributed by atoms with Gasteiger partial charge in [0, 0.05) is 24.7 Å². The Hall–Kier alpha value is -2.66. The Kier molecular flexibility index (Phi) is 4.24. The summed E-state index contributed by atoms with van der Waals surface area (Å²) in [6.45, 7) is 3.48. The Morgan fingerprint density at radius 3 is 2.92 bits per heavy atom. The van der Waals surface area contributed by atoms with Crippen LogP contribution < -0.4 is 10.2 Å². The van der Waals surface area contributed by atoms with Gasteiger partial charge in [0.2, 0.25) is 11.8 Å². The molecule has 1 N–H and O–H groups in total. The second-order valence-corrected chi connectivity index (χ2v) is 6.42. The van der Waals surface area contributed by atoms with Crippen molar-refractivity contribution in [1.29, 1.82) is 0 Å². The lowest BCUT2D eigenvalue weighted by molar-refractivity contribution is -0.117. The highest BCUT2D eigenvalue weighted by atomic mass is 16.3. The summed E-state index contributed by atoms with van der Waals surface area (Å²) in [5.74, 6) is 0.892. The third-order valence-corrected chi connectivity index (χ3v) is 4.65. The van der Waals surface area contributed by atoms with Crippen LogP contribution in [0.1, 0.15) is 37.3 Å². The van der Waals surface area contributed by atoms with E-state index in [0.29, 0.717) is 18.9 Å². The van der Waals surface area contributed by atoms with Crippen molar-refractivity contribution in [2.45, 2.75) is 32.4 Å². The van der Waals surface area contributed by atoms with Crippen molar-refractivity contribution >= 4 is 22.7 Å². The molecule has 0 saturated carbocycles. The van der Waals surface area contributed by atoms with Crippen LogP contribution in [-0.4, -0.2) is 17.4 Å². The van der Waals surface area contributed by atoms with E-state index in [1.54, 1.807) is 0 Å². The van der Waals surface area contributed by atoms with Gasteiger partial charge in [0.05, 0.1) is 6.54 Å². The second kappa shape index (κ2) is 6.69. The molecule has 3 aromatic rings. The number of fused-ring (bicyclic) bond motifs is 1. The molecular weight excluding hydrogens is 314 g/mol. The number of oxazole rings is 1. The first-order chi connectivity index (χ1) is 12.2. The number of amides is 1. The minimum absolute atomic E-state index is 0.132. The van der Waals surface area contributed by atoms with Crippen molar-refractivity contribution in [3.63, 3.8) is 0 Å². The lowest BCUT2D eigenvalue weighted by atomic mass is 10.1. The third kappa shape index (κ3) is 3.28. The van der Waals surface area contributed by atoms with Crippen molar-refractivity contribution in [3.05, 3.63) is 60.0 Å². The number of rotatable bonds is 5. The fraction of sp³-hybridized carbons (Fsp3) is 0.300. The van der Waals surface area contributed by atoms with Crippen molar-refractivity contribution in [2.75, 3.05) is 11.4 Å². The number of carbonyl (C=O) groups is 1. The van der Waals surface area contributed by atoms with Crippen LogP contribution in [0.4, 0.5) is 5.69 Å². The predicted molar refractivity (Wildman–Crippen MR) is 97.3 cm³/mol. The summed E-state index contributed by atoms with van der Waals surface area (Å²) in [5, 5.41) is 3.45. The number of carbonyl (C=O) groups excluding carboxylic acids is 1.